The third-order valence-corrected chi connectivity index (χ3v) is 5.03. The molecule has 8 nitrogen and oxygen atoms in total. The molecule has 11 heteroatoms. The van der Waals surface area contributed by atoms with Gasteiger partial charge in [-0.2, -0.15) is 4.98 Å². The highest BCUT2D eigenvalue weighted by Gasteiger charge is 2.27. The van der Waals surface area contributed by atoms with Crippen LogP contribution in [0.2, 0.25) is 0 Å². The van der Waals surface area contributed by atoms with Gasteiger partial charge >= 0.3 is 0 Å². The van der Waals surface area contributed by atoms with Crippen LogP contribution in [0.15, 0.2) is 18.3 Å². The molecule has 4 atom stereocenters. The van der Waals surface area contributed by atoms with E-state index in [1.165, 1.54) is 10.8 Å². The molecule has 2 aromatic heterocycles. The third-order valence-electron chi connectivity index (χ3n) is 5.03. The number of nitrogens with one attached hydrogen (secondary N) is 2. The SMILES string of the molecule is [2H]C1CC([2H])(O)C([2H])([2H])C([2H])([2H])C1([2H])Nc1ncc2nc(Nc3c(F)cc(F)cc3F)n(C3CCOC3)c2n1. The Balaban J connectivity index is 1.58. The predicted molar refractivity (Wildman–Crippen MR) is 111 cm³/mol. The van der Waals surface area contributed by atoms with E-state index in [4.69, 9.17) is 14.3 Å². The number of anilines is 3. The second kappa shape index (κ2) is 8.55. The number of imidazole rings is 1. The van der Waals surface area contributed by atoms with Crippen molar-refractivity contribution in [3.63, 3.8) is 0 Å². The Morgan fingerprint density at radius 3 is 2.75 bits per heavy atom. The van der Waals surface area contributed by atoms with Gasteiger partial charge in [-0.3, -0.25) is 4.57 Å². The number of hydrogen-bond acceptors (Lipinski definition) is 7. The molecule has 3 heterocycles. The molecule has 1 aliphatic heterocycles. The number of aromatic nitrogens is 4. The molecule has 0 bridgehead atoms. The normalized spacial score (nSPS) is 36.8. The summed E-state index contributed by atoms with van der Waals surface area (Å²) >= 11 is 0. The van der Waals surface area contributed by atoms with Crippen LogP contribution in [0.5, 0.6) is 0 Å². The van der Waals surface area contributed by atoms with Crippen LogP contribution < -0.4 is 10.6 Å². The summed E-state index contributed by atoms with van der Waals surface area (Å²) < 4.78 is 106. The van der Waals surface area contributed by atoms with Gasteiger partial charge in [0.2, 0.25) is 11.9 Å². The van der Waals surface area contributed by atoms with Crippen LogP contribution in [0.4, 0.5) is 30.8 Å². The van der Waals surface area contributed by atoms with E-state index < -0.39 is 72.8 Å². The molecular formula is C21H23F3N6O2. The van der Waals surface area contributed by atoms with Crippen molar-refractivity contribution in [3.8, 4) is 0 Å². The Bertz CT molecular complexity index is 1420. The summed E-state index contributed by atoms with van der Waals surface area (Å²) in [5.74, 6) is -4.00. The maximum absolute atomic E-state index is 14.4. The van der Waals surface area contributed by atoms with E-state index in [-0.39, 0.29) is 23.7 Å². The maximum Gasteiger partial charge on any atom is 0.224 e. The fourth-order valence-corrected chi connectivity index (χ4v) is 3.53. The molecule has 3 aromatic rings. The first-order valence-electron chi connectivity index (χ1n) is 13.3. The summed E-state index contributed by atoms with van der Waals surface area (Å²) in [4.78, 5) is 12.6. The summed E-state index contributed by atoms with van der Waals surface area (Å²) in [7, 11) is 0. The quantitative estimate of drug-likeness (QED) is 0.540. The fraction of sp³-hybridized carbons (Fsp3) is 0.476. The van der Waals surface area contributed by atoms with Gasteiger partial charge in [-0.1, -0.05) is 0 Å². The van der Waals surface area contributed by atoms with Crippen LogP contribution in [0, 0.1) is 17.5 Å². The summed E-state index contributed by atoms with van der Waals surface area (Å²) in [6, 6.07) is -2.16. The van der Waals surface area contributed by atoms with E-state index >= 15 is 0 Å². The number of hydrogen-bond donors (Lipinski definition) is 3. The summed E-state index contributed by atoms with van der Waals surface area (Å²) in [5, 5.41) is 15.1. The minimum atomic E-state index is -3.26. The Kier molecular flexibility index (Phi) is 3.81. The van der Waals surface area contributed by atoms with Gasteiger partial charge in [-0.05, 0) is 32.0 Å². The second-order valence-electron chi connectivity index (χ2n) is 7.24. The number of fused-ring (bicyclic) bond motifs is 1. The van der Waals surface area contributed by atoms with Crippen molar-refractivity contribution in [1.82, 2.24) is 19.5 Å². The average Bonchev–Trinajstić information content (AvgIpc) is 3.47. The topological polar surface area (TPSA) is 97.1 Å². The van der Waals surface area contributed by atoms with Crippen molar-refractivity contribution in [2.24, 2.45) is 0 Å². The maximum atomic E-state index is 14.4. The molecular weight excluding hydrogens is 425 g/mol. The first kappa shape index (κ1) is 14.3. The van der Waals surface area contributed by atoms with E-state index in [1.807, 2.05) is 0 Å². The molecule has 0 amide bonds. The van der Waals surface area contributed by atoms with Gasteiger partial charge in [-0.25, -0.2) is 23.1 Å². The zero-order chi connectivity index (χ0) is 28.5. The minimum absolute atomic E-state index is 0.0786. The number of benzene rings is 1. The molecule has 1 aliphatic carbocycles. The van der Waals surface area contributed by atoms with Crippen molar-refractivity contribution < 1.29 is 32.6 Å². The molecule has 5 rings (SSSR count). The highest BCUT2D eigenvalue weighted by Crippen LogP contribution is 2.32. The standard InChI is InChI=1S/C21H23F3N6O2/c22-11-7-15(23)18(16(24)8-11)28-21-27-17-9-25-20(26-12-1-3-14(31)4-2-12)29-19(17)30(21)13-5-6-32-10-13/h7-9,12-14,31H,1-6,10H2,(H,27,28)(H,25,26,29)/i1D,2D2,4D2,12D,14D. The van der Waals surface area contributed by atoms with Crippen LogP contribution >= 0.6 is 0 Å². The minimum Gasteiger partial charge on any atom is -0.393 e. The second-order valence-corrected chi connectivity index (χ2v) is 7.24. The van der Waals surface area contributed by atoms with E-state index in [9.17, 15) is 18.3 Å². The molecule has 2 fully saturated rings. The first-order valence-corrected chi connectivity index (χ1v) is 9.76. The van der Waals surface area contributed by atoms with E-state index in [0.717, 1.165) is 0 Å². The molecule has 2 aliphatic rings. The zero-order valence-corrected chi connectivity index (χ0v) is 16.5. The smallest absolute Gasteiger partial charge is 0.224 e. The Labute approximate surface area is 191 Å². The lowest BCUT2D eigenvalue weighted by Crippen LogP contribution is -2.29. The van der Waals surface area contributed by atoms with Crippen LogP contribution in [0.3, 0.4) is 0 Å². The number of ether oxygens (including phenoxy) is 1. The van der Waals surface area contributed by atoms with Gasteiger partial charge in [0.1, 0.15) is 17.0 Å². The van der Waals surface area contributed by atoms with Crippen LogP contribution in [-0.4, -0.2) is 49.9 Å². The Morgan fingerprint density at radius 1 is 1.19 bits per heavy atom. The molecule has 1 aromatic carbocycles. The van der Waals surface area contributed by atoms with Gasteiger partial charge < -0.3 is 20.5 Å². The number of aliphatic hydroxyl groups is 1. The molecule has 0 radical (unpaired) electrons. The highest BCUT2D eigenvalue weighted by molar-refractivity contribution is 5.76. The average molecular weight is 455 g/mol. The molecule has 170 valence electrons. The van der Waals surface area contributed by atoms with Gasteiger partial charge in [-0.15, -0.1) is 0 Å². The van der Waals surface area contributed by atoms with E-state index in [1.54, 1.807) is 0 Å². The molecule has 0 spiro atoms. The van der Waals surface area contributed by atoms with Crippen molar-refractivity contribution in [1.29, 1.82) is 0 Å². The fourth-order valence-electron chi connectivity index (χ4n) is 3.53. The molecule has 4 unspecified atom stereocenters. The van der Waals surface area contributed by atoms with Gasteiger partial charge in [0, 0.05) is 31.6 Å². The van der Waals surface area contributed by atoms with Crippen molar-refractivity contribution in [3.05, 3.63) is 35.8 Å². The Morgan fingerprint density at radius 2 is 2.00 bits per heavy atom. The number of nitrogens with zero attached hydrogens (tertiary/aromatic N) is 4. The molecule has 3 N–H and O–H groups in total. The highest BCUT2D eigenvalue weighted by atomic mass is 19.1. The van der Waals surface area contributed by atoms with Crippen molar-refractivity contribution in [2.45, 2.75) is 50.1 Å². The molecule has 1 saturated carbocycles. The van der Waals surface area contributed by atoms with Crippen molar-refractivity contribution >= 4 is 28.7 Å². The van der Waals surface area contributed by atoms with Crippen LogP contribution in [0.1, 0.15) is 47.6 Å². The van der Waals surface area contributed by atoms with E-state index in [2.05, 4.69) is 25.6 Å². The monoisotopic (exact) mass is 455 g/mol. The van der Waals surface area contributed by atoms with Crippen LogP contribution in [0.25, 0.3) is 11.2 Å². The Hall–Kier alpha value is -2.92. The van der Waals surface area contributed by atoms with Gasteiger partial charge in [0.15, 0.2) is 17.3 Å². The van der Waals surface area contributed by atoms with Gasteiger partial charge in [0.05, 0.1) is 27.7 Å². The van der Waals surface area contributed by atoms with Crippen molar-refractivity contribution in [2.75, 3.05) is 23.8 Å². The lowest BCUT2D eigenvalue weighted by molar-refractivity contribution is 0.126. The lowest BCUT2D eigenvalue weighted by Gasteiger charge is -2.26. The summed E-state index contributed by atoms with van der Waals surface area (Å²) in [6.07, 6.45) is -10.5. The predicted octanol–water partition coefficient (Wildman–Crippen LogP) is 3.66. The molecule has 1 saturated heterocycles. The lowest BCUT2D eigenvalue weighted by atomic mass is 9.93. The molecule has 32 heavy (non-hydrogen) atoms. The first-order chi connectivity index (χ1) is 18.1. The van der Waals surface area contributed by atoms with E-state index in [0.29, 0.717) is 25.2 Å². The number of rotatable bonds is 5. The van der Waals surface area contributed by atoms with Gasteiger partial charge in [0.25, 0.3) is 0 Å². The largest absolute Gasteiger partial charge is 0.393 e. The number of halogens is 3. The summed E-state index contributed by atoms with van der Waals surface area (Å²) in [6.45, 7) is 0.546. The summed E-state index contributed by atoms with van der Waals surface area (Å²) in [5.41, 5.74) is -0.461. The third kappa shape index (κ3) is 4.09. The zero-order valence-electron chi connectivity index (χ0n) is 23.5. The van der Waals surface area contributed by atoms with Crippen LogP contribution in [-0.2, 0) is 4.74 Å².